The molecule has 4 rings (SSSR count). The Morgan fingerprint density at radius 3 is 2.61 bits per heavy atom. The number of hydrogen-bond donors (Lipinski definition) is 1. The first-order valence-electron chi connectivity index (χ1n) is 11.0. The van der Waals surface area contributed by atoms with Crippen LogP contribution < -0.4 is 10.1 Å². The highest BCUT2D eigenvalue weighted by Crippen LogP contribution is 2.31. The Bertz CT molecular complexity index is 1010. The van der Waals surface area contributed by atoms with Gasteiger partial charge in [-0.2, -0.15) is 4.98 Å². The molecule has 0 fully saturated rings. The first-order chi connectivity index (χ1) is 15.2. The van der Waals surface area contributed by atoms with Crippen molar-refractivity contribution in [3.63, 3.8) is 0 Å². The number of fused-ring (bicyclic) bond motifs is 1. The summed E-state index contributed by atoms with van der Waals surface area (Å²) in [6.07, 6.45) is 7.43. The van der Waals surface area contributed by atoms with Crippen molar-refractivity contribution in [2.24, 2.45) is 5.92 Å². The molecular formula is C25H28N4O2. The van der Waals surface area contributed by atoms with Gasteiger partial charge in [-0.05, 0) is 56.7 Å². The summed E-state index contributed by atoms with van der Waals surface area (Å²) in [6.45, 7) is 3.15. The van der Waals surface area contributed by atoms with E-state index in [1.165, 1.54) is 5.56 Å². The lowest BCUT2D eigenvalue weighted by Crippen LogP contribution is -2.32. The van der Waals surface area contributed by atoms with Gasteiger partial charge in [-0.1, -0.05) is 30.3 Å². The van der Waals surface area contributed by atoms with Gasteiger partial charge >= 0.3 is 0 Å². The number of benzene rings is 1. The molecule has 6 heteroatoms. The highest BCUT2D eigenvalue weighted by Gasteiger charge is 2.26. The van der Waals surface area contributed by atoms with Gasteiger partial charge in [0.25, 0.3) is 0 Å². The van der Waals surface area contributed by atoms with E-state index >= 15 is 0 Å². The lowest BCUT2D eigenvalue weighted by atomic mass is 9.98. The third-order valence-electron chi connectivity index (χ3n) is 5.67. The molecule has 160 valence electrons. The molecule has 1 aliphatic carbocycles. The molecule has 0 radical (unpaired) electrons. The zero-order chi connectivity index (χ0) is 21.5. The molecule has 0 saturated carbocycles. The van der Waals surface area contributed by atoms with Crippen molar-refractivity contribution in [3.05, 3.63) is 71.7 Å². The van der Waals surface area contributed by atoms with Gasteiger partial charge in [0.15, 0.2) is 5.82 Å². The van der Waals surface area contributed by atoms with E-state index < -0.39 is 0 Å². The number of carbonyl (C=O) groups excluding carboxylic acids is 1. The monoisotopic (exact) mass is 416 g/mol. The van der Waals surface area contributed by atoms with Gasteiger partial charge in [0.2, 0.25) is 11.8 Å². The van der Waals surface area contributed by atoms with Crippen molar-refractivity contribution in [2.75, 3.05) is 13.2 Å². The molecule has 1 amide bonds. The van der Waals surface area contributed by atoms with Crippen LogP contribution in [0.15, 0.2) is 54.9 Å². The highest BCUT2D eigenvalue weighted by molar-refractivity contribution is 5.78. The molecule has 0 saturated heterocycles. The number of amides is 1. The standard InChI is InChI=1S/C25H28N4O2/c1-2-31-25-21-10-8-20(24(30)27-17-14-18-12-15-26-16-13-18)9-11-22(21)28-23(29-25)19-6-4-3-5-7-19/h3-7,12-13,15-16,20H,2,8-11,14,17H2,1H3,(H,27,30). The van der Waals surface area contributed by atoms with Crippen LogP contribution >= 0.6 is 0 Å². The van der Waals surface area contributed by atoms with Crippen LogP contribution in [0.3, 0.4) is 0 Å². The first kappa shape index (κ1) is 21.0. The van der Waals surface area contributed by atoms with Gasteiger partial charge in [0, 0.05) is 36.0 Å². The van der Waals surface area contributed by atoms with Gasteiger partial charge in [-0.15, -0.1) is 0 Å². The van der Waals surface area contributed by atoms with Crippen molar-refractivity contribution in [1.82, 2.24) is 20.3 Å². The number of nitrogens with zero attached hydrogens (tertiary/aromatic N) is 3. The molecule has 31 heavy (non-hydrogen) atoms. The molecule has 3 aromatic rings. The molecule has 1 aliphatic rings. The summed E-state index contributed by atoms with van der Waals surface area (Å²) in [4.78, 5) is 26.4. The van der Waals surface area contributed by atoms with E-state index in [9.17, 15) is 4.79 Å². The van der Waals surface area contributed by atoms with Gasteiger partial charge < -0.3 is 10.1 Å². The van der Waals surface area contributed by atoms with Crippen LogP contribution in [0.5, 0.6) is 5.88 Å². The van der Waals surface area contributed by atoms with Crippen molar-refractivity contribution < 1.29 is 9.53 Å². The lowest BCUT2D eigenvalue weighted by Gasteiger charge is -2.14. The molecule has 0 spiro atoms. The average Bonchev–Trinajstić information content (AvgIpc) is 3.03. The molecule has 2 heterocycles. The smallest absolute Gasteiger partial charge is 0.223 e. The van der Waals surface area contributed by atoms with Crippen LogP contribution in [-0.2, 0) is 24.1 Å². The average molecular weight is 417 g/mol. The third-order valence-corrected chi connectivity index (χ3v) is 5.67. The number of rotatable bonds is 7. The molecule has 0 bridgehead atoms. The SMILES string of the molecule is CCOc1nc(-c2ccccc2)nc2c1CCC(C(=O)NCCc1ccncc1)CC2. The zero-order valence-corrected chi connectivity index (χ0v) is 17.9. The maximum atomic E-state index is 12.8. The number of carbonyl (C=O) groups is 1. The Balaban J connectivity index is 1.44. The normalized spacial score (nSPS) is 15.6. The minimum Gasteiger partial charge on any atom is -0.478 e. The predicted molar refractivity (Wildman–Crippen MR) is 120 cm³/mol. The molecule has 2 aromatic heterocycles. The maximum absolute atomic E-state index is 12.8. The Morgan fingerprint density at radius 2 is 1.84 bits per heavy atom. The Kier molecular flexibility index (Phi) is 6.87. The molecule has 1 unspecified atom stereocenters. The fourth-order valence-electron chi connectivity index (χ4n) is 4.00. The first-order valence-corrected chi connectivity index (χ1v) is 11.0. The molecule has 0 aliphatic heterocycles. The molecule has 1 atom stereocenters. The van der Waals surface area contributed by atoms with Gasteiger partial charge in [-0.25, -0.2) is 4.98 Å². The number of aryl methyl sites for hydroxylation is 1. The second-order valence-corrected chi connectivity index (χ2v) is 7.75. The van der Waals surface area contributed by atoms with E-state index in [0.717, 1.165) is 48.9 Å². The second kappa shape index (κ2) is 10.2. The van der Waals surface area contributed by atoms with Gasteiger partial charge in [-0.3, -0.25) is 9.78 Å². The quantitative estimate of drug-likeness (QED) is 0.593. The summed E-state index contributed by atoms with van der Waals surface area (Å²) >= 11 is 0. The topological polar surface area (TPSA) is 77.0 Å². The van der Waals surface area contributed by atoms with Crippen LogP contribution in [0.1, 0.15) is 36.6 Å². The fourth-order valence-corrected chi connectivity index (χ4v) is 4.00. The summed E-state index contributed by atoms with van der Waals surface area (Å²) in [5, 5.41) is 3.11. The van der Waals surface area contributed by atoms with Crippen molar-refractivity contribution in [1.29, 1.82) is 0 Å². The predicted octanol–water partition coefficient (Wildman–Crippen LogP) is 3.79. The van der Waals surface area contributed by atoms with Crippen LogP contribution in [0, 0.1) is 5.92 Å². The van der Waals surface area contributed by atoms with Crippen LogP contribution in [0.2, 0.25) is 0 Å². The molecular weight excluding hydrogens is 388 g/mol. The van der Waals surface area contributed by atoms with Crippen LogP contribution in [-0.4, -0.2) is 34.0 Å². The van der Waals surface area contributed by atoms with Crippen molar-refractivity contribution in [3.8, 4) is 17.3 Å². The number of hydrogen-bond acceptors (Lipinski definition) is 5. The summed E-state index contributed by atoms with van der Waals surface area (Å²) in [5.41, 5.74) is 4.20. The minimum atomic E-state index is -0.0266. The van der Waals surface area contributed by atoms with Crippen LogP contribution in [0.25, 0.3) is 11.4 Å². The molecule has 1 aromatic carbocycles. The van der Waals surface area contributed by atoms with E-state index in [1.54, 1.807) is 12.4 Å². The Hall–Kier alpha value is -3.28. The van der Waals surface area contributed by atoms with E-state index in [4.69, 9.17) is 14.7 Å². The van der Waals surface area contributed by atoms with E-state index in [0.29, 0.717) is 24.9 Å². The summed E-state index contributed by atoms with van der Waals surface area (Å²) in [7, 11) is 0. The Labute approximate surface area is 183 Å². The van der Waals surface area contributed by atoms with E-state index in [2.05, 4.69) is 10.3 Å². The summed E-state index contributed by atoms with van der Waals surface area (Å²) in [5.74, 6) is 1.44. The number of ether oxygens (including phenoxy) is 1. The second-order valence-electron chi connectivity index (χ2n) is 7.75. The minimum absolute atomic E-state index is 0.0266. The largest absolute Gasteiger partial charge is 0.478 e. The van der Waals surface area contributed by atoms with E-state index in [-0.39, 0.29) is 11.8 Å². The number of pyridine rings is 1. The Morgan fingerprint density at radius 1 is 1.06 bits per heavy atom. The number of aromatic nitrogens is 3. The van der Waals surface area contributed by atoms with Crippen molar-refractivity contribution in [2.45, 2.75) is 39.0 Å². The summed E-state index contributed by atoms with van der Waals surface area (Å²) < 4.78 is 5.87. The maximum Gasteiger partial charge on any atom is 0.223 e. The third kappa shape index (κ3) is 5.26. The highest BCUT2D eigenvalue weighted by atomic mass is 16.5. The number of nitrogens with one attached hydrogen (secondary N) is 1. The van der Waals surface area contributed by atoms with E-state index in [1.807, 2.05) is 49.4 Å². The zero-order valence-electron chi connectivity index (χ0n) is 17.9. The van der Waals surface area contributed by atoms with Gasteiger partial charge in [0.05, 0.1) is 12.3 Å². The molecule has 6 nitrogen and oxygen atoms in total. The van der Waals surface area contributed by atoms with Gasteiger partial charge in [0.1, 0.15) is 0 Å². The molecule has 1 N–H and O–H groups in total. The fraction of sp³-hybridized carbons (Fsp3) is 0.360. The van der Waals surface area contributed by atoms with Crippen molar-refractivity contribution >= 4 is 5.91 Å². The van der Waals surface area contributed by atoms with Crippen LogP contribution in [0.4, 0.5) is 0 Å². The summed E-state index contributed by atoms with van der Waals surface area (Å²) in [6, 6.07) is 13.9. The lowest BCUT2D eigenvalue weighted by molar-refractivity contribution is -0.125.